The van der Waals surface area contributed by atoms with Gasteiger partial charge in [-0.1, -0.05) is 18.2 Å². The largest absolute Gasteiger partial charge is 0.484 e. The second-order valence-electron chi connectivity index (χ2n) is 6.61. The first-order valence-electron chi connectivity index (χ1n) is 8.97. The molecule has 1 aliphatic rings. The molecule has 0 aliphatic heterocycles. The Hall–Kier alpha value is -2.51. The van der Waals surface area contributed by atoms with Crippen molar-refractivity contribution >= 4 is 5.91 Å². The van der Waals surface area contributed by atoms with E-state index in [0.29, 0.717) is 29.8 Å². The highest BCUT2D eigenvalue weighted by Gasteiger charge is 2.39. The SMILES string of the molecule is Cc1ccccc1OCC(=O)NCCn1nc(C(F)(F)F)c2c1CCCC2. The molecule has 0 unspecified atom stereocenters. The maximum Gasteiger partial charge on any atom is 0.435 e. The predicted octanol–water partition coefficient (Wildman–Crippen LogP) is 3.28. The van der Waals surface area contributed by atoms with E-state index in [4.69, 9.17) is 4.74 Å². The molecule has 1 aliphatic carbocycles. The number of aromatic nitrogens is 2. The number of fused-ring (bicyclic) bond motifs is 1. The Kier molecular flexibility index (Phi) is 5.72. The molecule has 5 nitrogen and oxygen atoms in total. The van der Waals surface area contributed by atoms with Crippen molar-refractivity contribution in [3.63, 3.8) is 0 Å². The number of rotatable bonds is 6. The topological polar surface area (TPSA) is 56.1 Å². The van der Waals surface area contributed by atoms with Crippen molar-refractivity contribution in [2.45, 2.75) is 45.3 Å². The number of para-hydroxylation sites is 1. The summed E-state index contributed by atoms with van der Waals surface area (Å²) in [5, 5.41) is 6.44. The molecular weight excluding hydrogens is 359 g/mol. The van der Waals surface area contributed by atoms with Crippen molar-refractivity contribution in [2.75, 3.05) is 13.2 Å². The lowest BCUT2D eigenvalue weighted by Crippen LogP contribution is -2.32. The van der Waals surface area contributed by atoms with E-state index in [1.54, 1.807) is 6.07 Å². The van der Waals surface area contributed by atoms with E-state index in [2.05, 4.69) is 10.4 Å². The zero-order chi connectivity index (χ0) is 19.4. The minimum atomic E-state index is -4.45. The standard InChI is InChI=1S/C19H22F3N3O2/c1-13-6-2-5-9-16(13)27-12-17(26)23-10-11-25-15-8-4-3-7-14(15)18(24-25)19(20,21)22/h2,5-6,9H,3-4,7-8,10-12H2,1H3,(H,23,26). The van der Waals surface area contributed by atoms with Crippen LogP contribution in [0.1, 0.15) is 35.4 Å². The van der Waals surface area contributed by atoms with Gasteiger partial charge in [0.1, 0.15) is 5.75 Å². The van der Waals surface area contributed by atoms with Crippen LogP contribution >= 0.6 is 0 Å². The Balaban J connectivity index is 1.55. The molecule has 1 heterocycles. The summed E-state index contributed by atoms with van der Waals surface area (Å²) in [5.41, 5.74) is 1.08. The third-order valence-electron chi connectivity index (χ3n) is 4.62. The van der Waals surface area contributed by atoms with Crippen molar-refractivity contribution in [3.05, 3.63) is 46.8 Å². The van der Waals surface area contributed by atoms with Crippen molar-refractivity contribution in [3.8, 4) is 5.75 Å². The molecule has 0 atom stereocenters. The maximum absolute atomic E-state index is 13.2. The zero-order valence-corrected chi connectivity index (χ0v) is 15.1. The lowest BCUT2D eigenvalue weighted by atomic mass is 9.95. The van der Waals surface area contributed by atoms with Gasteiger partial charge in [-0.15, -0.1) is 0 Å². The summed E-state index contributed by atoms with van der Waals surface area (Å²) in [6.45, 7) is 2.14. The third-order valence-corrected chi connectivity index (χ3v) is 4.62. The van der Waals surface area contributed by atoms with Gasteiger partial charge in [0.2, 0.25) is 0 Å². The van der Waals surface area contributed by atoms with Gasteiger partial charge < -0.3 is 10.1 Å². The van der Waals surface area contributed by atoms with E-state index in [9.17, 15) is 18.0 Å². The van der Waals surface area contributed by atoms with E-state index in [0.717, 1.165) is 18.4 Å². The minimum absolute atomic E-state index is 0.143. The fourth-order valence-electron chi connectivity index (χ4n) is 3.30. The lowest BCUT2D eigenvalue weighted by molar-refractivity contribution is -0.142. The van der Waals surface area contributed by atoms with Gasteiger partial charge in [0, 0.05) is 17.8 Å². The Morgan fingerprint density at radius 1 is 1.26 bits per heavy atom. The van der Waals surface area contributed by atoms with Crippen molar-refractivity contribution in [2.24, 2.45) is 0 Å². The van der Waals surface area contributed by atoms with Gasteiger partial charge >= 0.3 is 6.18 Å². The van der Waals surface area contributed by atoms with Gasteiger partial charge in [-0.05, 0) is 44.2 Å². The molecule has 2 aromatic rings. The number of halogens is 3. The van der Waals surface area contributed by atoms with E-state index >= 15 is 0 Å². The van der Waals surface area contributed by atoms with Gasteiger partial charge in [-0.2, -0.15) is 18.3 Å². The Morgan fingerprint density at radius 3 is 2.74 bits per heavy atom. The molecule has 0 bridgehead atoms. The monoisotopic (exact) mass is 381 g/mol. The van der Waals surface area contributed by atoms with Gasteiger partial charge in [-0.3, -0.25) is 9.48 Å². The summed E-state index contributed by atoms with van der Waals surface area (Å²) >= 11 is 0. The number of nitrogens with one attached hydrogen (secondary N) is 1. The van der Waals surface area contributed by atoms with Crippen LogP contribution in [0.5, 0.6) is 5.75 Å². The summed E-state index contributed by atoms with van der Waals surface area (Å²) in [4.78, 5) is 11.9. The molecule has 1 N–H and O–H groups in total. The molecule has 0 saturated heterocycles. The molecule has 3 rings (SSSR count). The number of carbonyl (C=O) groups is 1. The fourth-order valence-corrected chi connectivity index (χ4v) is 3.30. The van der Waals surface area contributed by atoms with Crippen LogP contribution in [0.15, 0.2) is 24.3 Å². The lowest BCUT2D eigenvalue weighted by Gasteiger charge is -2.15. The molecular formula is C19H22F3N3O2. The molecule has 146 valence electrons. The highest BCUT2D eigenvalue weighted by atomic mass is 19.4. The van der Waals surface area contributed by atoms with Crippen LogP contribution in [0, 0.1) is 6.92 Å². The zero-order valence-electron chi connectivity index (χ0n) is 15.1. The van der Waals surface area contributed by atoms with E-state index in [1.807, 2.05) is 25.1 Å². The van der Waals surface area contributed by atoms with Gasteiger partial charge in [0.05, 0.1) is 6.54 Å². The van der Waals surface area contributed by atoms with Crippen LogP contribution in [0.3, 0.4) is 0 Å². The predicted molar refractivity (Wildman–Crippen MR) is 93.6 cm³/mol. The fraction of sp³-hybridized carbons (Fsp3) is 0.474. The summed E-state index contributed by atoms with van der Waals surface area (Å²) in [6, 6.07) is 7.35. The number of aryl methyl sites for hydroxylation is 1. The molecule has 8 heteroatoms. The van der Waals surface area contributed by atoms with Crippen molar-refractivity contribution < 1.29 is 22.7 Å². The molecule has 1 aromatic carbocycles. The van der Waals surface area contributed by atoms with E-state index < -0.39 is 11.9 Å². The Morgan fingerprint density at radius 2 is 2.00 bits per heavy atom. The highest BCUT2D eigenvalue weighted by molar-refractivity contribution is 5.77. The quantitative estimate of drug-likeness (QED) is 0.836. The molecule has 0 fully saturated rings. The average molecular weight is 381 g/mol. The second-order valence-corrected chi connectivity index (χ2v) is 6.61. The van der Waals surface area contributed by atoms with Gasteiger partial charge in [-0.25, -0.2) is 0 Å². The number of amides is 1. The number of nitrogens with zero attached hydrogens (tertiary/aromatic N) is 2. The smallest absolute Gasteiger partial charge is 0.435 e. The molecule has 1 aromatic heterocycles. The first kappa shape index (κ1) is 19.3. The number of carbonyl (C=O) groups excluding carboxylic acids is 1. The second kappa shape index (κ2) is 8.02. The van der Waals surface area contributed by atoms with Crippen LogP contribution in [0.25, 0.3) is 0 Å². The van der Waals surface area contributed by atoms with E-state index in [-0.39, 0.29) is 25.6 Å². The van der Waals surface area contributed by atoms with Crippen LogP contribution in [0.4, 0.5) is 13.2 Å². The first-order chi connectivity index (χ1) is 12.9. The number of hydrogen-bond acceptors (Lipinski definition) is 3. The number of alkyl halides is 3. The normalized spacial score (nSPS) is 13.9. The molecule has 0 spiro atoms. The first-order valence-corrected chi connectivity index (χ1v) is 8.97. The molecule has 27 heavy (non-hydrogen) atoms. The van der Waals surface area contributed by atoms with Crippen LogP contribution in [-0.2, 0) is 30.4 Å². The number of ether oxygens (including phenoxy) is 1. The van der Waals surface area contributed by atoms with Gasteiger partial charge in [0.25, 0.3) is 5.91 Å². The number of hydrogen-bond donors (Lipinski definition) is 1. The molecule has 0 saturated carbocycles. The molecule has 1 amide bonds. The highest BCUT2D eigenvalue weighted by Crippen LogP contribution is 2.35. The van der Waals surface area contributed by atoms with Crippen LogP contribution in [0.2, 0.25) is 0 Å². The average Bonchev–Trinajstić information content (AvgIpc) is 3.00. The van der Waals surface area contributed by atoms with Crippen molar-refractivity contribution in [1.82, 2.24) is 15.1 Å². The van der Waals surface area contributed by atoms with Gasteiger partial charge in [0.15, 0.2) is 12.3 Å². The molecule has 0 radical (unpaired) electrons. The summed E-state index contributed by atoms with van der Waals surface area (Å²) in [5.74, 6) is 0.305. The Bertz CT molecular complexity index is 815. The maximum atomic E-state index is 13.2. The minimum Gasteiger partial charge on any atom is -0.484 e. The van der Waals surface area contributed by atoms with Crippen LogP contribution < -0.4 is 10.1 Å². The van der Waals surface area contributed by atoms with E-state index in [1.165, 1.54) is 4.68 Å². The Labute approximate surface area is 155 Å². The van der Waals surface area contributed by atoms with Crippen molar-refractivity contribution in [1.29, 1.82) is 0 Å². The summed E-state index contributed by atoms with van der Waals surface area (Å²) in [7, 11) is 0. The number of benzene rings is 1. The summed E-state index contributed by atoms with van der Waals surface area (Å²) < 4.78 is 46.4. The van der Waals surface area contributed by atoms with Crippen LogP contribution in [-0.4, -0.2) is 28.8 Å². The third kappa shape index (κ3) is 4.61. The summed E-state index contributed by atoms with van der Waals surface area (Å²) in [6.07, 6.45) is -1.86.